The molecule has 0 saturated carbocycles. The Morgan fingerprint density at radius 3 is 2.44 bits per heavy atom. The molecule has 1 aromatic heterocycles. The van der Waals surface area contributed by atoms with E-state index in [1.54, 1.807) is 24.3 Å². The van der Waals surface area contributed by atoms with Gasteiger partial charge in [-0.25, -0.2) is 4.79 Å². The molecule has 130 valence electrons. The SMILES string of the molecule is CCCc1cc(=O)oc2cc(OS(=O)(=O)c3ccc(C)cc3)ccc12. The van der Waals surface area contributed by atoms with Crippen LogP contribution in [0.3, 0.4) is 0 Å². The minimum atomic E-state index is -3.95. The van der Waals surface area contributed by atoms with E-state index in [0.717, 1.165) is 29.4 Å². The van der Waals surface area contributed by atoms with Gasteiger partial charge < -0.3 is 8.60 Å². The number of rotatable bonds is 5. The minimum absolute atomic E-state index is 0.0689. The molecule has 0 aliphatic rings. The van der Waals surface area contributed by atoms with Crippen LogP contribution in [0.25, 0.3) is 11.0 Å². The summed E-state index contributed by atoms with van der Waals surface area (Å²) in [6.45, 7) is 3.89. The van der Waals surface area contributed by atoms with Crippen LogP contribution in [0.4, 0.5) is 0 Å². The van der Waals surface area contributed by atoms with Gasteiger partial charge in [0.25, 0.3) is 0 Å². The maximum Gasteiger partial charge on any atom is 0.339 e. The number of fused-ring (bicyclic) bond motifs is 1. The molecule has 0 bridgehead atoms. The third kappa shape index (κ3) is 3.74. The molecule has 0 amide bonds. The van der Waals surface area contributed by atoms with Crippen molar-refractivity contribution in [1.29, 1.82) is 0 Å². The molecule has 0 fully saturated rings. The average Bonchev–Trinajstić information content (AvgIpc) is 2.54. The molecule has 0 N–H and O–H groups in total. The predicted octanol–water partition coefficient (Wildman–Crippen LogP) is 3.82. The quantitative estimate of drug-likeness (QED) is 0.512. The first-order valence-corrected chi connectivity index (χ1v) is 9.38. The maximum absolute atomic E-state index is 12.4. The molecular formula is C19H18O5S. The highest BCUT2D eigenvalue weighted by Gasteiger charge is 2.17. The zero-order valence-electron chi connectivity index (χ0n) is 14.0. The first-order valence-electron chi connectivity index (χ1n) is 7.97. The summed E-state index contributed by atoms with van der Waals surface area (Å²) in [7, 11) is -3.95. The number of hydrogen-bond donors (Lipinski definition) is 0. The molecule has 25 heavy (non-hydrogen) atoms. The van der Waals surface area contributed by atoms with Crippen molar-refractivity contribution >= 4 is 21.1 Å². The Bertz CT molecular complexity index is 1060. The van der Waals surface area contributed by atoms with Crippen LogP contribution in [0.15, 0.2) is 62.6 Å². The summed E-state index contributed by atoms with van der Waals surface area (Å²) in [6.07, 6.45) is 1.63. The Balaban J connectivity index is 1.99. The van der Waals surface area contributed by atoms with E-state index in [4.69, 9.17) is 8.60 Å². The van der Waals surface area contributed by atoms with Gasteiger partial charge in [-0.3, -0.25) is 0 Å². The average molecular weight is 358 g/mol. The molecule has 0 spiro atoms. The summed E-state index contributed by atoms with van der Waals surface area (Å²) >= 11 is 0. The van der Waals surface area contributed by atoms with Crippen LogP contribution >= 0.6 is 0 Å². The molecule has 1 heterocycles. The smallest absolute Gasteiger partial charge is 0.339 e. The lowest BCUT2D eigenvalue weighted by atomic mass is 10.1. The highest BCUT2D eigenvalue weighted by atomic mass is 32.2. The van der Waals surface area contributed by atoms with E-state index < -0.39 is 15.7 Å². The highest BCUT2D eigenvalue weighted by Crippen LogP contribution is 2.26. The van der Waals surface area contributed by atoms with Crippen molar-refractivity contribution in [1.82, 2.24) is 0 Å². The molecule has 0 radical (unpaired) electrons. The van der Waals surface area contributed by atoms with E-state index in [1.807, 2.05) is 13.8 Å². The second-order valence-electron chi connectivity index (χ2n) is 5.85. The summed E-state index contributed by atoms with van der Waals surface area (Å²) in [4.78, 5) is 11.8. The molecule has 3 rings (SSSR count). The Morgan fingerprint density at radius 1 is 1.04 bits per heavy atom. The summed E-state index contributed by atoms with van der Waals surface area (Å²) in [5.74, 6) is 0.102. The summed E-state index contributed by atoms with van der Waals surface area (Å²) in [5.41, 5.74) is 1.68. The van der Waals surface area contributed by atoms with Crippen molar-refractivity contribution in [3.63, 3.8) is 0 Å². The van der Waals surface area contributed by atoms with Crippen molar-refractivity contribution in [2.75, 3.05) is 0 Å². The highest BCUT2D eigenvalue weighted by molar-refractivity contribution is 7.87. The Morgan fingerprint density at radius 2 is 1.76 bits per heavy atom. The van der Waals surface area contributed by atoms with Crippen LogP contribution < -0.4 is 9.81 Å². The van der Waals surface area contributed by atoms with Crippen LogP contribution in [-0.4, -0.2) is 8.42 Å². The van der Waals surface area contributed by atoms with Crippen molar-refractivity contribution in [3.05, 3.63) is 70.1 Å². The van der Waals surface area contributed by atoms with Crippen molar-refractivity contribution in [2.45, 2.75) is 31.6 Å². The zero-order valence-corrected chi connectivity index (χ0v) is 14.8. The van der Waals surface area contributed by atoms with E-state index in [-0.39, 0.29) is 10.6 Å². The monoisotopic (exact) mass is 358 g/mol. The van der Waals surface area contributed by atoms with E-state index in [0.29, 0.717) is 5.58 Å². The first kappa shape index (κ1) is 17.2. The molecular weight excluding hydrogens is 340 g/mol. The topological polar surface area (TPSA) is 73.6 Å². The first-order chi connectivity index (χ1) is 11.9. The van der Waals surface area contributed by atoms with Crippen LogP contribution in [0.5, 0.6) is 5.75 Å². The van der Waals surface area contributed by atoms with Gasteiger partial charge in [0.05, 0.1) is 0 Å². The van der Waals surface area contributed by atoms with Gasteiger partial charge in [-0.1, -0.05) is 31.0 Å². The molecule has 0 aliphatic heterocycles. The Hall–Kier alpha value is -2.60. The van der Waals surface area contributed by atoms with Crippen molar-refractivity contribution in [2.24, 2.45) is 0 Å². The lowest BCUT2D eigenvalue weighted by molar-refractivity contribution is 0.485. The number of benzene rings is 2. The summed E-state index contributed by atoms with van der Waals surface area (Å²) < 4.78 is 35.1. The molecule has 5 nitrogen and oxygen atoms in total. The van der Waals surface area contributed by atoms with E-state index in [2.05, 4.69) is 0 Å². The van der Waals surface area contributed by atoms with Crippen LogP contribution in [0, 0.1) is 6.92 Å². The lowest BCUT2D eigenvalue weighted by Gasteiger charge is -2.09. The van der Waals surface area contributed by atoms with Gasteiger partial charge in [0, 0.05) is 17.5 Å². The van der Waals surface area contributed by atoms with Gasteiger partial charge in [0.1, 0.15) is 16.2 Å². The van der Waals surface area contributed by atoms with Gasteiger partial charge in [-0.15, -0.1) is 0 Å². The van der Waals surface area contributed by atoms with Crippen LogP contribution in [0.2, 0.25) is 0 Å². The Kier molecular flexibility index (Phi) is 4.63. The van der Waals surface area contributed by atoms with Gasteiger partial charge >= 0.3 is 15.7 Å². The normalized spacial score (nSPS) is 11.6. The van der Waals surface area contributed by atoms with Crippen LogP contribution in [-0.2, 0) is 16.5 Å². The fourth-order valence-corrected chi connectivity index (χ4v) is 3.54. The van der Waals surface area contributed by atoms with Gasteiger partial charge in [0.15, 0.2) is 0 Å². The third-order valence-corrected chi connectivity index (χ3v) is 5.10. The zero-order chi connectivity index (χ0) is 18.0. The minimum Gasteiger partial charge on any atom is -0.423 e. The second-order valence-corrected chi connectivity index (χ2v) is 7.40. The fraction of sp³-hybridized carbons (Fsp3) is 0.211. The largest absolute Gasteiger partial charge is 0.423 e. The maximum atomic E-state index is 12.4. The molecule has 0 saturated heterocycles. The predicted molar refractivity (Wildman–Crippen MR) is 95.5 cm³/mol. The molecule has 0 aliphatic carbocycles. The molecule has 6 heteroatoms. The lowest BCUT2D eigenvalue weighted by Crippen LogP contribution is -2.10. The van der Waals surface area contributed by atoms with Crippen LogP contribution in [0.1, 0.15) is 24.5 Å². The standard InChI is InChI=1S/C19H18O5S/c1-3-4-14-11-19(20)23-18-12-15(7-10-17(14)18)24-25(21,22)16-8-5-13(2)6-9-16/h5-12H,3-4H2,1-2H3. The molecule has 3 aromatic rings. The van der Waals surface area contributed by atoms with Gasteiger partial charge in [-0.05, 0) is 43.2 Å². The van der Waals surface area contributed by atoms with Gasteiger partial charge in [-0.2, -0.15) is 8.42 Å². The number of hydrogen-bond acceptors (Lipinski definition) is 5. The van der Waals surface area contributed by atoms with Crippen molar-refractivity contribution in [3.8, 4) is 5.75 Å². The molecule has 0 unspecified atom stereocenters. The fourth-order valence-electron chi connectivity index (χ4n) is 2.62. The van der Waals surface area contributed by atoms with E-state index >= 15 is 0 Å². The van der Waals surface area contributed by atoms with Gasteiger partial charge in [0.2, 0.25) is 0 Å². The number of aryl methyl sites for hydroxylation is 2. The molecule has 2 aromatic carbocycles. The third-order valence-electron chi connectivity index (χ3n) is 3.84. The molecule has 0 atom stereocenters. The van der Waals surface area contributed by atoms with E-state index in [1.165, 1.54) is 24.3 Å². The second kappa shape index (κ2) is 6.72. The van der Waals surface area contributed by atoms with Crippen molar-refractivity contribution < 1.29 is 17.0 Å². The Labute approximate surface area is 146 Å². The summed E-state index contributed by atoms with van der Waals surface area (Å²) in [6, 6.07) is 12.6. The van der Waals surface area contributed by atoms with E-state index in [9.17, 15) is 13.2 Å². The summed E-state index contributed by atoms with van der Waals surface area (Å²) in [5, 5.41) is 0.779.